The summed E-state index contributed by atoms with van der Waals surface area (Å²) in [5.41, 5.74) is 0. The molecule has 0 aromatic rings. The van der Waals surface area contributed by atoms with Crippen LogP contribution in [0.1, 0.15) is 12.8 Å². The standard InChI is InChI=1S/C7H17NO2S/c1-11(10)7-3-5-8-4-2-6-9/h8-9H,2-7H2,1H3. The molecule has 0 aromatic carbocycles. The second-order valence-electron chi connectivity index (χ2n) is 2.46. The van der Waals surface area contributed by atoms with Gasteiger partial charge in [0.05, 0.1) is 0 Å². The summed E-state index contributed by atoms with van der Waals surface area (Å²) in [5.74, 6) is 0.770. The summed E-state index contributed by atoms with van der Waals surface area (Å²) in [6, 6.07) is 0. The van der Waals surface area contributed by atoms with Crippen LogP contribution in [0.25, 0.3) is 0 Å². The second-order valence-corrected chi connectivity index (χ2v) is 4.01. The molecule has 0 heterocycles. The molecule has 0 saturated carbocycles. The molecule has 0 bridgehead atoms. The maximum atomic E-state index is 10.6. The highest BCUT2D eigenvalue weighted by atomic mass is 32.2. The molecule has 0 aromatic heterocycles. The maximum Gasteiger partial charge on any atom is 0.0443 e. The minimum Gasteiger partial charge on any atom is -0.396 e. The summed E-state index contributed by atoms with van der Waals surface area (Å²) in [6.07, 6.45) is 3.47. The second kappa shape index (κ2) is 8.17. The van der Waals surface area contributed by atoms with E-state index in [0.717, 1.165) is 31.7 Å². The van der Waals surface area contributed by atoms with Crippen molar-refractivity contribution in [3.63, 3.8) is 0 Å². The largest absolute Gasteiger partial charge is 0.396 e. The van der Waals surface area contributed by atoms with Crippen molar-refractivity contribution in [2.75, 3.05) is 31.7 Å². The van der Waals surface area contributed by atoms with Gasteiger partial charge in [-0.2, -0.15) is 0 Å². The summed E-state index contributed by atoms with van der Waals surface area (Å²) in [7, 11) is -0.662. The monoisotopic (exact) mass is 179 g/mol. The molecule has 0 amide bonds. The predicted octanol–water partition coefficient (Wildman–Crippen LogP) is -0.273. The third-order valence-electron chi connectivity index (χ3n) is 1.30. The van der Waals surface area contributed by atoms with Crippen molar-refractivity contribution in [3.8, 4) is 0 Å². The molecule has 4 heteroatoms. The molecular formula is C7H17NO2S. The fourth-order valence-corrected chi connectivity index (χ4v) is 1.28. The van der Waals surface area contributed by atoms with Gasteiger partial charge in [-0.1, -0.05) is 0 Å². The van der Waals surface area contributed by atoms with E-state index in [1.54, 1.807) is 6.26 Å². The summed E-state index contributed by atoms with van der Waals surface area (Å²) in [4.78, 5) is 0. The number of hydrogen-bond donors (Lipinski definition) is 2. The van der Waals surface area contributed by atoms with E-state index in [4.69, 9.17) is 5.11 Å². The molecule has 0 fully saturated rings. The van der Waals surface area contributed by atoms with Gasteiger partial charge in [-0.25, -0.2) is 0 Å². The summed E-state index contributed by atoms with van der Waals surface area (Å²) < 4.78 is 10.6. The fraction of sp³-hybridized carbons (Fsp3) is 1.00. The van der Waals surface area contributed by atoms with Crippen LogP contribution in [-0.2, 0) is 10.8 Å². The first kappa shape index (κ1) is 11.1. The average Bonchev–Trinajstić information content (AvgIpc) is 1.96. The molecule has 0 aliphatic heterocycles. The molecule has 1 unspecified atom stereocenters. The lowest BCUT2D eigenvalue weighted by molar-refractivity contribution is 0.286. The van der Waals surface area contributed by atoms with E-state index in [1.165, 1.54) is 0 Å². The fourth-order valence-electron chi connectivity index (χ4n) is 0.729. The van der Waals surface area contributed by atoms with E-state index in [-0.39, 0.29) is 6.61 Å². The molecule has 0 aliphatic carbocycles. The van der Waals surface area contributed by atoms with Crippen LogP contribution in [0, 0.1) is 0 Å². The molecule has 0 rings (SSSR count). The van der Waals surface area contributed by atoms with Gasteiger partial charge in [0, 0.05) is 29.4 Å². The summed E-state index contributed by atoms with van der Waals surface area (Å²) >= 11 is 0. The molecule has 0 saturated heterocycles. The van der Waals surface area contributed by atoms with Gasteiger partial charge < -0.3 is 10.4 Å². The van der Waals surface area contributed by atoms with Crippen molar-refractivity contribution in [2.24, 2.45) is 0 Å². The SMILES string of the molecule is CS(=O)CCCNCCCO. The highest BCUT2D eigenvalue weighted by Gasteiger charge is 1.90. The predicted molar refractivity (Wildman–Crippen MR) is 48.1 cm³/mol. The van der Waals surface area contributed by atoms with E-state index in [1.807, 2.05) is 0 Å². The first-order chi connectivity index (χ1) is 5.27. The van der Waals surface area contributed by atoms with Crippen LogP contribution < -0.4 is 5.32 Å². The van der Waals surface area contributed by atoms with Crippen molar-refractivity contribution >= 4 is 10.8 Å². The van der Waals surface area contributed by atoms with Crippen LogP contribution in [-0.4, -0.2) is 41.0 Å². The van der Waals surface area contributed by atoms with E-state index < -0.39 is 10.8 Å². The highest BCUT2D eigenvalue weighted by molar-refractivity contribution is 7.84. The van der Waals surface area contributed by atoms with Crippen LogP contribution in [0.3, 0.4) is 0 Å². The summed E-state index contributed by atoms with van der Waals surface area (Å²) in [6.45, 7) is 2.00. The Kier molecular flexibility index (Phi) is 8.22. The maximum absolute atomic E-state index is 10.6. The Morgan fingerprint density at radius 2 is 2.00 bits per heavy atom. The van der Waals surface area contributed by atoms with Gasteiger partial charge in [-0.3, -0.25) is 4.21 Å². The third kappa shape index (κ3) is 10.1. The van der Waals surface area contributed by atoms with E-state index >= 15 is 0 Å². The zero-order valence-electron chi connectivity index (χ0n) is 7.01. The smallest absolute Gasteiger partial charge is 0.0443 e. The zero-order chi connectivity index (χ0) is 8.53. The van der Waals surface area contributed by atoms with E-state index in [2.05, 4.69) is 5.32 Å². The lowest BCUT2D eigenvalue weighted by Crippen LogP contribution is -2.19. The molecule has 0 radical (unpaired) electrons. The average molecular weight is 179 g/mol. The van der Waals surface area contributed by atoms with Gasteiger partial charge in [-0.15, -0.1) is 0 Å². The molecule has 11 heavy (non-hydrogen) atoms. The quantitative estimate of drug-likeness (QED) is 0.529. The van der Waals surface area contributed by atoms with Crippen LogP contribution in [0.15, 0.2) is 0 Å². The van der Waals surface area contributed by atoms with E-state index in [9.17, 15) is 4.21 Å². The van der Waals surface area contributed by atoms with Gasteiger partial charge >= 0.3 is 0 Å². The first-order valence-electron chi connectivity index (χ1n) is 3.89. The lowest BCUT2D eigenvalue weighted by Gasteiger charge is -2.01. The zero-order valence-corrected chi connectivity index (χ0v) is 7.82. The Hall–Kier alpha value is 0.0700. The van der Waals surface area contributed by atoms with Crippen LogP contribution >= 0.6 is 0 Å². The van der Waals surface area contributed by atoms with Gasteiger partial charge in [-0.05, 0) is 25.9 Å². The first-order valence-corrected chi connectivity index (χ1v) is 5.61. The Balaban J connectivity index is 2.85. The van der Waals surface area contributed by atoms with Crippen molar-refractivity contribution in [3.05, 3.63) is 0 Å². The van der Waals surface area contributed by atoms with Gasteiger partial charge in [0.2, 0.25) is 0 Å². The number of hydrogen-bond acceptors (Lipinski definition) is 3. The molecule has 0 aliphatic rings. The molecule has 1 atom stereocenters. The number of nitrogens with one attached hydrogen (secondary N) is 1. The lowest BCUT2D eigenvalue weighted by atomic mass is 10.4. The summed E-state index contributed by atoms with van der Waals surface area (Å²) in [5, 5.41) is 11.6. The Morgan fingerprint density at radius 1 is 1.36 bits per heavy atom. The van der Waals surface area contributed by atoms with Crippen molar-refractivity contribution in [1.29, 1.82) is 0 Å². The normalized spacial score (nSPS) is 13.3. The topological polar surface area (TPSA) is 49.3 Å². The van der Waals surface area contributed by atoms with Crippen molar-refractivity contribution in [2.45, 2.75) is 12.8 Å². The third-order valence-corrected chi connectivity index (χ3v) is 2.16. The highest BCUT2D eigenvalue weighted by Crippen LogP contribution is 1.81. The number of aliphatic hydroxyl groups is 1. The molecule has 0 spiro atoms. The molecule has 68 valence electrons. The van der Waals surface area contributed by atoms with Gasteiger partial charge in [0.25, 0.3) is 0 Å². The molecule has 3 nitrogen and oxygen atoms in total. The Bertz CT molecular complexity index is 109. The number of aliphatic hydroxyl groups excluding tert-OH is 1. The van der Waals surface area contributed by atoms with E-state index in [0.29, 0.717) is 0 Å². The van der Waals surface area contributed by atoms with Crippen LogP contribution in [0.5, 0.6) is 0 Å². The Labute approximate surface area is 70.6 Å². The molecule has 2 N–H and O–H groups in total. The molecular weight excluding hydrogens is 162 g/mol. The van der Waals surface area contributed by atoms with Crippen molar-refractivity contribution in [1.82, 2.24) is 5.32 Å². The Morgan fingerprint density at radius 3 is 2.55 bits per heavy atom. The van der Waals surface area contributed by atoms with Crippen molar-refractivity contribution < 1.29 is 9.32 Å². The number of rotatable bonds is 7. The minimum atomic E-state index is -0.662. The van der Waals surface area contributed by atoms with Crippen LogP contribution in [0.2, 0.25) is 0 Å². The van der Waals surface area contributed by atoms with Gasteiger partial charge in [0.15, 0.2) is 0 Å². The van der Waals surface area contributed by atoms with Gasteiger partial charge in [0.1, 0.15) is 0 Å². The minimum absolute atomic E-state index is 0.243. The van der Waals surface area contributed by atoms with Crippen LogP contribution in [0.4, 0.5) is 0 Å².